The summed E-state index contributed by atoms with van der Waals surface area (Å²) in [6, 6.07) is 8.16. The highest BCUT2D eigenvalue weighted by atomic mass is 16.1. The minimum absolute atomic E-state index is 0.0740. The molecule has 0 unspecified atom stereocenters. The molecule has 106 valence electrons. The van der Waals surface area contributed by atoms with Gasteiger partial charge in [-0.2, -0.15) is 0 Å². The lowest BCUT2D eigenvalue weighted by Gasteiger charge is -2.20. The molecule has 0 bridgehead atoms. The summed E-state index contributed by atoms with van der Waals surface area (Å²) in [6.45, 7) is 6.60. The Morgan fingerprint density at radius 3 is 2.21 bits per heavy atom. The van der Waals surface area contributed by atoms with Crippen LogP contribution < -0.4 is 15.5 Å². The first-order chi connectivity index (χ1) is 8.78. The Balaban J connectivity index is 2.35. The number of anilines is 2. The van der Waals surface area contributed by atoms with E-state index in [1.807, 2.05) is 47.0 Å². The number of nitrogens with zero attached hydrogens (tertiary/aromatic N) is 1. The van der Waals surface area contributed by atoms with Crippen LogP contribution in [0, 0.1) is 0 Å². The predicted octanol–water partition coefficient (Wildman–Crippen LogP) is 2.47. The summed E-state index contributed by atoms with van der Waals surface area (Å²) in [5, 5.41) is 6.19. The number of benzene rings is 1. The number of hydrogen-bond acceptors (Lipinski definition) is 3. The Labute approximate surface area is 116 Å². The normalized spacial score (nSPS) is 11.0. The number of carbonyl (C=O) groups is 1. The zero-order chi connectivity index (χ0) is 14.5. The summed E-state index contributed by atoms with van der Waals surface area (Å²) < 4.78 is 0. The van der Waals surface area contributed by atoms with Crippen molar-refractivity contribution in [2.24, 2.45) is 0 Å². The van der Waals surface area contributed by atoms with E-state index in [-0.39, 0.29) is 11.4 Å². The molecule has 4 heteroatoms. The van der Waals surface area contributed by atoms with Crippen LogP contribution in [0.2, 0.25) is 0 Å². The van der Waals surface area contributed by atoms with Crippen molar-refractivity contribution in [3.8, 4) is 0 Å². The largest absolute Gasteiger partial charge is 0.385 e. The molecule has 2 N–H and O–H groups in total. The molecule has 1 aromatic rings. The maximum atomic E-state index is 11.6. The monoisotopic (exact) mass is 263 g/mol. The molecule has 0 aliphatic rings. The molecular formula is C15H25N3O. The molecular weight excluding hydrogens is 238 g/mol. The van der Waals surface area contributed by atoms with E-state index in [2.05, 4.69) is 27.7 Å². The lowest BCUT2D eigenvalue weighted by Crippen LogP contribution is -2.41. The van der Waals surface area contributed by atoms with Gasteiger partial charge in [0.2, 0.25) is 5.91 Å². The second kappa shape index (κ2) is 6.45. The predicted molar refractivity (Wildman–Crippen MR) is 81.8 cm³/mol. The minimum atomic E-state index is -0.162. The van der Waals surface area contributed by atoms with Gasteiger partial charge >= 0.3 is 0 Å². The fourth-order valence-corrected chi connectivity index (χ4v) is 1.68. The molecule has 1 aromatic carbocycles. The number of nitrogens with one attached hydrogen (secondary N) is 2. The third-order valence-electron chi connectivity index (χ3n) is 2.58. The van der Waals surface area contributed by atoms with E-state index in [0.29, 0.717) is 13.0 Å². The van der Waals surface area contributed by atoms with Gasteiger partial charge in [-0.3, -0.25) is 4.79 Å². The van der Waals surface area contributed by atoms with Gasteiger partial charge in [-0.25, -0.2) is 0 Å². The average Bonchev–Trinajstić information content (AvgIpc) is 2.27. The molecule has 0 atom stereocenters. The first-order valence-corrected chi connectivity index (χ1v) is 6.60. The lowest BCUT2D eigenvalue weighted by molar-refractivity contribution is -0.122. The average molecular weight is 263 g/mol. The summed E-state index contributed by atoms with van der Waals surface area (Å²) in [4.78, 5) is 13.7. The third kappa shape index (κ3) is 6.13. The molecule has 0 aromatic heterocycles. The van der Waals surface area contributed by atoms with E-state index >= 15 is 0 Å². The van der Waals surface area contributed by atoms with Gasteiger partial charge in [-0.1, -0.05) is 0 Å². The smallest absolute Gasteiger partial charge is 0.222 e. The molecule has 0 spiro atoms. The topological polar surface area (TPSA) is 44.4 Å². The Kier molecular flexibility index (Phi) is 5.21. The van der Waals surface area contributed by atoms with Crippen molar-refractivity contribution >= 4 is 17.3 Å². The SMILES string of the molecule is CN(C)c1ccc(NCCC(=O)NC(C)(C)C)cc1. The van der Waals surface area contributed by atoms with Crippen molar-refractivity contribution in [1.29, 1.82) is 0 Å². The molecule has 0 aliphatic heterocycles. The van der Waals surface area contributed by atoms with Crippen LogP contribution in [0.4, 0.5) is 11.4 Å². The molecule has 4 nitrogen and oxygen atoms in total. The van der Waals surface area contributed by atoms with Gasteiger partial charge in [-0.15, -0.1) is 0 Å². The summed E-state index contributed by atoms with van der Waals surface area (Å²) >= 11 is 0. The number of rotatable bonds is 5. The van der Waals surface area contributed by atoms with Crippen molar-refractivity contribution in [2.45, 2.75) is 32.7 Å². The van der Waals surface area contributed by atoms with E-state index < -0.39 is 0 Å². The lowest BCUT2D eigenvalue weighted by atomic mass is 10.1. The molecule has 0 fully saturated rings. The molecule has 0 radical (unpaired) electrons. The van der Waals surface area contributed by atoms with Gasteiger partial charge < -0.3 is 15.5 Å². The van der Waals surface area contributed by atoms with Gasteiger partial charge in [0.15, 0.2) is 0 Å². The van der Waals surface area contributed by atoms with E-state index in [4.69, 9.17) is 0 Å². The fraction of sp³-hybridized carbons (Fsp3) is 0.533. The standard InChI is InChI=1S/C15H25N3O/c1-15(2,3)17-14(19)10-11-16-12-6-8-13(9-7-12)18(4)5/h6-9,16H,10-11H2,1-5H3,(H,17,19). The summed E-state index contributed by atoms with van der Waals surface area (Å²) in [7, 11) is 4.03. The van der Waals surface area contributed by atoms with Crippen LogP contribution in [0.25, 0.3) is 0 Å². The molecule has 0 aliphatic carbocycles. The Hall–Kier alpha value is -1.71. The molecule has 1 rings (SSSR count). The molecule has 0 heterocycles. The van der Waals surface area contributed by atoms with Crippen molar-refractivity contribution in [3.05, 3.63) is 24.3 Å². The molecule has 1 amide bonds. The van der Waals surface area contributed by atoms with Crippen LogP contribution in [0.15, 0.2) is 24.3 Å². The maximum Gasteiger partial charge on any atom is 0.222 e. The van der Waals surface area contributed by atoms with Crippen LogP contribution in [0.5, 0.6) is 0 Å². The summed E-state index contributed by atoms with van der Waals surface area (Å²) in [5.74, 6) is 0.0740. The Bertz CT molecular complexity index is 404. The van der Waals surface area contributed by atoms with Crippen molar-refractivity contribution in [3.63, 3.8) is 0 Å². The second-order valence-corrected chi connectivity index (χ2v) is 5.92. The van der Waals surface area contributed by atoms with Crippen molar-refractivity contribution in [2.75, 3.05) is 30.9 Å². The zero-order valence-electron chi connectivity index (χ0n) is 12.6. The zero-order valence-corrected chi connectivity index (χ0v) is 12.6. The van der Waals surface area contributed by atoms with Crippen LogP contribution in [-0.4, -0.2) is 32.1 Å². The van der Waals surface area contributed by atoms with Gasteiger partial charge in [0, 0.05) is 44.0 Å². The van der Waals surface area contributed by atoms with Crippen molar-refractivity contribution < 1.29 is 4.79 Å². The first kappa shape index (κ1) is 15.3. The highest BCUT2D eigenvalue weighted by Gasteiger charge is 2.12. The second-order valence-electron chi connectivity index (χ2n) is 5.92. The van der Waals surface area contributed by atoms with Gasteiger partial charge in [-0.05, 0) is 45.0 Å². The van der Waals surface area contributed by atoms with E-state index in [9.17, 15) is 4.79 Å². The Morgan fingerprint density at radius 2 is 1.74 bits per heavy atom. The van der Waals surface area contributed by atoms with E-state index in [1.54, 1.807) is 0 Å². The molecule has 0 saturated heterocycles. The first-order valence-electron chi connectivity index (χ1n) is 6.60. The summed E-state index contributed by atoms with van der Waals surface area (Å²) in [5.41, 5.74) is 2.04. The maximum absolute atomic E-state index is 11.6. The third-order valence-corrected chi connectivity index (χ3v) is 2.58. The molecule has 0 saturated carbocycles. The van der Waals surface area contributed by atoms with Crippen LogP contribution in [0.3, 0.4) is 0 Å². The van der Waals surface area contributed by atoms with Crippen LogP contribution >= 0.6 is 0 Å². The minimum Gasteiger partial charge on any atom is -0.385 e. The summed E-state index contributed by atoms with van der Waals surface area (Å²) in [6.07, 6.45) is 0.479. The number of carbonyl (C=O) groups excluding carboxylic acids is 1. The highest BCUT2D eigenvalue weighted by Crippen LogP contribution is 2.15. The van der Waals surface area contributed by atoms with E-state index in [0.717, 1.165) is 11.4 Å². The van der Waals surface area contributed by atoms with Crippen LogP contribution in [-0.2, 0) is 4.79 Å². The van der Waals surface area contributed by atoms with Gasteiger partial charge in [0.1, 0.15) is 0 Å². The van der Waals surface area contributed by atoms with Gasteiger partial charge in [0.05, 0.1) is 0 Å². The number of hydrogen-bond donors (Lipinski definition) is 2. The van der Waals surface area contributed by atoms with Gasteiger partial charge in [0.25, 0.3) is 0 Å². The Morgan fingerprint density at radius 1 is 1.16 bits per heavy atom. The van der Waals surface area contributed by atoms with Crippen LogP contribution in [0.1, 0.15) is 27.2 Å². The highest BCUT2D eigenvalue weighted by molar-refractivity contribution is 5.77. The molecule has 19 heavy (non-hydrogen) atoms. The number of amides is 1. The fourth-order valence-electron chi connectivity index (χ4n) is 1.68. The van der Waals surface area contributed by atoms with E-state index in [1.165, 1.54) is 0 Å². The van der Waals surface area contributed by atoms with Crippen molar-refractivity contribution in [1.82, 2.24) is 5.32 Å². The quantitative estimate of drug-likeness (QED) is 0.857.